The van der Waals surface area contributed by atoms with Gasteiger partial charge in [0, 0.05) is 13.2 Å². The number of hydrogen-bond donors (Lipinski definition) is 2. The van der Waals surface area contributed by atoms with Crippen LogP contribution in [-0.2, 0) is 0 Å². The van der Waals surface area contributed by atoms with Gasteiger partial charge in [0.1, 0.15) is 10.8 Å². The zero-order valence-electron chi connectivity index (χ0n) is 12.4. The highest BCUT2D eigenvalue weighted by Gasteiger charge is 2.13. The van der Waals surface area contributed by atoms with E-state index in [0.717, 1.165) is 7.11 Å². The summed E-state index contributed by atoms with van der Waals surface area (Å²) in [7, 11) is 1.00. The number of rotatable bonds is 3. The SMILES string of the molecule is CC.CO.CSc1cc(C(=O)O)nn1-c1ccc(F)cc1. The first-order valence-corrected chi connectivity index (χ1v) is 7.42. The highest BCUT2D eigenvalue weighted by molar-refractivity contribution is 7.98. The van der Waals surface area contributed by atoms with Crippen molar-refractivity contribution in [1.29, 1.82) is 0 Å². The zero-order chi connectivity index (χ0) is 16.4. The number of aromatic carboxylic acids is 1. The molecule has 2 aromatic rings. The van der Waals surface area contributed by atoms with Crippen LogP contribution < -0.4 is 0 Å². The van der Waals surface area contributed by atoms with Crippen molar-refractivity contribution < 1.29 is 19.4 Å². The van der Waals surface area contributed by atoms with Crippen LogP contribution in [0.15, 0.2) is 35.4 Å². The molecule has 0 bridgehead atoms. The number of halogens is 1. The molecule has 0 aliphatic heterocycles. The molecular weight excluding hydrogens is 295 g/mol. The first-order valence-electron chi connectivity index (χ1n) is 6.20. The van der Waals surface area contributed by atoms with Crippen LogP contribution in [0.5, 0.6) is 0 Å². The van der Waals surface area contributed by atoms with Gasteiger partial charge in [-0.1, -0.05) is 13.8 Å². The van der Waals surface area contributed by atoms with Gasteiger partial charge in [-0.2, -0.15) is 5.10 Å². The standard InChI is InChI=1S/C11H9FN2O2S.C2H6.CH4O/c1-17-10-6-9(11(15)16)13-14(10)8-4-2-7(12)3-5-8;2*1-2/h2-6H,1H3,(H,15,16);1-2H3;2H,1H3. The number of aromatic nitrogens is 2. The second-order valence-electron chi connectivity index (χ2n) is 3.27. The number of aliphatic hydroxyl groups is 1. The van der Waals surface area contributed by atoms with Crippen molar-refractivity contribution in [2.24, 2.45) is 0 Å². The van der Waals surface area contributed by atoms with Gasteiger partial charge in [-0.05, 0) is 30.5 Å². The summed E-state index contributed by atoms with van der Waals surface area (Å²) in [5.41, 5.74) is 0.599. The van der Waals surface area contributed by atoms with Gasteiger partial charge in [0.25, 0.3) is 0 Å². The van der Waals surface area contributed by atoms with Crippen LogP contribution in [0.4, 0.5) is 4.39 Å². The largest absolute Gasteiger partial charge is 0.476 e. The minimum absolute atomic E-state index is 0.0290. The molecule has 0 unspecified atom stereocenters. The quantitative estimate of drug-likeness (QED) is 0.852. The predicted molar refractivity (Wildman–Crippen MR) is 81.8 cm³/mol. The molecule has 1 aromatic carbocycles. The Balaban J connectivity index is 0.000000921. The van der Waals surface area contributed by atoms with Crippen LogP contribution in [0.1, 0.15) is 24.3 Å². The molecule has 2 rings (SSSR count). The van der Waals surface area contributed by atoms with Gasteiger partial charge in [0.2, 0.25) is 0 Å². The average molecular weight is 314 g/mol. The monoisotopic (exact) mass is 314 g/mol. The summed E-state index contributed by atoms with van der Waals surface area (Å²) in [6.07, 6.45) is 1.82. The first kappa shape index (κ1) is 19.1. The van der Waals surface area contributed by atoms with Gasteiger partial charge in [0.15, 0.2) is 5.69 Å². The van der Waals surface area contributed by atoms with E-state index in [2.05, 4.69) is 5.10 Å². The molecule has 0 saturated carbocycles. The summed E-state index contributed by atoms with van der Waals surface area (Å²) in [5, 5.41) is 20.5. The summed E-state index contributed by atoms with van der Waals surface area (Å²) in [4.78, 5) is 10.8. The average Bonchev–Trinajstić information content (AvgIpc) is 2.96. The molecule has 0 aliphatic rings. The maximum absolute atomic E-state index is 12.8. The lowest BCUT2D eigenvalue weighted by molar-refractivity contribution is 0.0690. The summed E-state index contributed by atoms with van der Waals surface area (Å²) in [5.74, 6) is -1.42. The molecule has 0 amide bonds. The Labute approximate surface area is 127 Å². The number of hydrogen-bond acceptors (Lipinski definition) is 4. The van der Waals surface area contributed by atoms with E-state index >= 15 is 0 Å². The molecule has 21 heavy (non-hydrogen) atoms. The predicted octanol–water partition coefficient (Wildman–Crippen LogP) is 3.07. The van der Waals surface area contributed by atoms with E-state index < -0.39 is 5.97 Å². The van der Waals surface area contributed by atoms with Gasteiger partial charge in [-0.3, -0.25) is 0 Å². The molecule has 116 valence electrons. The van der Waals surface area contributed by atoms with E-state index in [0.29, 0.717) is 10.7 Å². The third-order valence-corrected chi connectivity index (χ3v) is 2.89. The minimum atomic E-state index is -1.08. The third-order valence-electron chi connectivity index (χ3n) is 2.18. The second kappa shape index (κ2) is 9.95. The van der Waals surface area contributed by atoms with Crippen LogP contribution in [0.25, 0.3) is 5.69 Å². The van der Waals surface area contributed by atoms with E-state index in [9.17, 15) is 9.18 Å². The summed E-state index contributed by atoms with van der Waals surface area (Å²) < 4.78 is 14.3. The number of benzene rings is 1. The molecule has 7 heteroatoms. The fraction of sp³-hybridized carbons (Fsp3) is 0.286. The van der Waals surface area contributed by atoms with Gasteiger partial charge >= 0.3 is 5.97 Å². The maximum atomic E-state index is 12.8. The highest BCUT2D eigenvalue weighted by Crippen LogP contribution is 2.21. The van der Waals surface area contributed by atoms with Crippen LogP contribution in [0.3, 0.4) is 0 Å². The van der Waals surface area contributed by atoms with Crippen molar-refractivity contribution in [3.8, 4) is 5.69 Å². The van der Waals surface area contributed by atoms with Crippen molar-refractivity contribution in [3.05, 3.63) is 41.8 Å². The molecule has 0 fully saturated rings. The van der Waals surface area contributed by atoms with Crippen molar-refractivity contribution in [3.63, 3.8) is 0 Å². The van der Waals surface area contributed by atoms with Crippen LogP contribution in [0, 0.1) is 5.82 Å². The molecule has 0 aliphatic carbocycles. The number of carbonyl (C=O) groups is 1. The smallest absolute Gasteiger partial charge is 0.356 e. The lowest BCUT2D eigenvalue weighted by atomic mass is 10.3. The van der Waals surface area contributed by atoms with Gasteiger partial charge in [-0.25, -0.2) is 13.9 Å². The van der Waals surface area contributed by atoms with Crippen LogP contribution >= 0.6 is 11.8 Å². The summed E-state index contributed by atoms with van der Waals surface area (Å²) in [6.45, 7) is 4.00. The van der Waals surface area contributed by atoms with Gasteiger partial charge < -0.3 is 10.2 Å². The molecule has 1 aromatic heterocycles. The Morgan fingerprint density at radius 1 is 1.24 bits per heavy atom. The lowest BCUT2D eigenvalue weighted by Crippen LogP contribution is -2.01. The lowest BCUT2D eigenvalue weighted by Gasteiger charge is -2.04. The van der Waals surface area contributed by atoms with Crippen molar-refractivity contribution in [1.82, 2.24) is 9.78 Å². The van der Waals surface area contributed by atoms with Crippen LogP contribution in [0.2, 0.25) is 0 Å². The fourth-order valence-electron chi connectivity index (χ4n) is 1.38. The van der Waals surface area contributed by atoms with E-state index in [1.54, 1.807) is 12.1 Å². The Bertz CT molecular complexity index is 556. The maximum Gasteiger partial charge on any atom is 0.356 e. The van der Waals surface area contributed by atoms with Crippen molar-refractivity contribution in [2.75, 3.05) is 13.4 Å². The Morgan fingerprint density at radius 2 is 1.76 bits per heavy atom. The van der Waals surface area contributed by atoms with Gasteiger partial charge in [0.05, 0.1) is 5.69 Å². The van der Waals surface area contributed by atoms with Crippen molar-refractivity contribution in [2.45, 2.75) is 18.9 Å². The number of nitrogens with zero attached hydrogens (tertiary/aromatic N) is 2. The first-order chi connectivity index (χ1) is 10.1. The van der Waals surface area contributed by atoms with E-state index in [1.165, 1.54) is 34.6 Å². The Morgan fingerprint density at radius 3 is 2.19 bits per heavy atom. The molecule has 0 atom stereocenters. The molecule has 2 N–H and O–H groups in total. The molecule has 0 radical (unpaired) electrons. The molecule has 1 heterocycles. The number of carboxylic acid groups (broad SMARTS) is 1. The van der Waals surface area contributed by atoms with E-state index in [4.69, 9.17) is 10.2 Å². The molecule has 5 nitrogen and oxygen atoms in total. The number of thioether (sulfide) groups is 1. The molecule has 0 saturated heterocycles. The topological polar surface area (TPSA) is 75.3 Å². The number of carboxylic acids is 1. The zero-order valence-corrected chi connectivity index (χ0v) is 13.2. The van der Waals surface area contributed by atoms with E-state index in [-0.39, 0.29) is 11.5 Å². The van der Waals surface area contributed by atoms with Crippen molar-refractivity contribution >= 4 is 17.7 Å². The summed E-state index contributed by atoms with van der Waals surface area (Å²) >= 11 is 1.38. The van der Waals surface area contributed by atoms with Gasteiger partial charge in [-0.15, -0.1) is 11.8 Å². The normalized spacial score (nSPS) is 9.05. The Hall–Kier alpha value is -1.86. The second-order valence-corrected chi connectivity index (χ2v) is 4.09. The third kappa shape index (κ3) is 5.20. The molecular formula is C14H19FN2O3S. The number of aliphatic hydroxyl groups excluding tert-OH is 1. The molecule has 0 spiro atoms. The Kier molecular flexibility index (Phi) is 9.07. The highest BCUT2D eigenvalue weighted by atomic mass is 32.2. The minimum Gasteiger partial charge on any atom is -0.476 e. The van der Waals surface area contributed by atoms with Crippen LogP contribution in [-0.4, -0.2) is 39.3 Å². The fourth-order valence-corrected chi connectivity index (χ4v) is 1.93. The van der Waals surface area contributed by atoms with E-state index in [1.807, 2.05) is 20.1 Å². The summed E-state index contributed by atoms with van der Waals surface area (Å²) in [6, 6.07) is 7.20.